The first-order valence-corrected chi connectivity index (χ1v) is 6.44. The van der Waals surface area contributed by atoms with Gasteiger partial charge >= 0.3 is 0 Å². The summed E-state index contributed by atoms with van der Waals surface area (Å²) in [5, 5.41) is 0. The SMILES string of the molecule is CCN(C)C(=O)C(C)n1c(N)nc2cc(C)ccc21. The van der Waals surface area contributed by atoms with Crippen LogP contribution in [-0.2, 0) is 4.79 Å². The summed E-state index contributed by atoms with van der Waals surface area (Å²) in [4.78, 5) is 18.3. The first kappa shape index (κ1) is 13.4. The smallest absolute Gasteiger partial charge is 0.245 e. The van der Waals surface area contributed by atoms with Crippen molar-refractivity contribution in [2.75, 3.05) is 19.3 Å². The number of anilines is 1. The number of carbonyl (C=O) groups excluding carboxylic acids is 1. The molecule has 5 heteroatoms. The quantitative estimate of drug-likeness (QED) is 0.917. The normalized spacial score (nSPS) is 12.6. The Labute approximate surface area is 113 Å². The average Bonchev–Trinajstić information content (AvgIpc) is 2.71. The number of aromatic nitrogens is 2. The van der Waals surface area contributed by atoms with E-state index in [0.29, 0.717) is 12.5 Å². The zero-order valence-corrected chi connectivity index (χ0v) is 11.8. The van der Waals surface area contributed by atoms with Crippen molar-refractivity contribution in [1.29, 1.82) is 0 Å². The van der Waals surface area contributed by atoms with Crippen LogP contribution in [0.15, 0.2) is 18.2 Å². The maximum absolute atomic E-state index is 12.3. The van der Waals surface area contributed by atoms with Crippen molar-refractivity contribution in [1.82, 2.24) is 14.5 Å². The van der Waals surface area contributed by atoms with Gasteiger partial charge in [0.1, 0.15) is 6.04 Å². The standard InChI is InChI=1S/C14H20N4O/c1-5-17(4)13(19)10(3)18-12-7-6-9(2)8-11(12)16-14(18)15/h6-8,10H,5H2,1-4H3,(H2,15,16). The Morgan fingerprint density at radius 2 is 2.21 bits per heavy atom. The molecule has 1 atom stereocenters. The fourth-order valence-corrected chi connectivity index (χ4v) is 2.22. The Morgan fingerprint density at radius 3 is 2.84 bits per heavy atom. The number of nitrogens with zero attached hydrogens (tertiary/aromatic N) is 3. The largest absolute Gasteiger partial charge is 0.369 e. The van der Waals surface area contributed by atoms with Gasteiger partial charge in [0, 0.05) is 13.6 Å². The third kappa shape index (κ3) is 2.28. The molecule has 0 aliphatic carbocycles. The molecule has 1 amide bonds. The Bertz CT molecular complexity index is 617. The molecule has 0 bridgehead atoms. The van der Waals surface area contributed by atoms with E-state index in [1.165, 1.54) is 0 Å². The molecule has 5 nitrogen and oxygen atoms in total. The third-order valence-electron chi connectivity index (χ3n) is 3.47. The number of nitrogens with two attached hydrogens (primary N) is 1. The lowest BCUT2D eigenvalue weighted by molar-refractivity contribution is -0.132. The summed E-state index contributed by atoms with van der Waals surface area (Å²) < 4.78 is 1.79. The van der Waals surface area contributed by atoms with E-state index < -0.39 is 0 Å². The fourth-order valence-electron chi connectivity index (χ4n) is 2.22. The molecule has 2 rings (SSSR count). The van der Waals surface area contributed by atoms with E-state index in [2.05, 4.69) is 4.98 Å². The van der Waals surface area contributed by atoms with Crippen LogP contribution < -0.4 is 5.73 Å². The summed E-state index contributed by atoms with van der Waals surface area (Å²) in [5.74, 6) is 0.417. The van der Waals surface area contributed by atoms with E-state index in [0.717, 1.165) is 16.6 Å². The number of nitrogen functional groups attached to an aromatic ring is 1. The van der Waals surface area contributed by atoms with Gasteiger partial charge in [-0.2, -0.15) is 0 Å². The Balaban J connectivity index is 2.50. The number of benzene rings is 1. The first-order valence-electron chi connectivity index (χ1n) is 6.44. The molecular formula is C14H20N4O. The van der Waals surface area contributed by atoms with Gasteiger partial charge in [0.25, 0.3) is 0 Å². The summed E-state index contributed by atoms with van der Waals surface area (Å²) in [5.41, 5.74) is 8.82. The molecule has 0 spiro atoms. The van der Waals surface area contributed by atoms with Crippen LogP contribution >= 0.6 is 0 Å². The zero-order chi connectivity index (χ0) is 14.2. The second-order valence-corrected chi connectivity index (χ2v) is 4.86. The van der Waals surface area contributed by atoms with Crippen LogP contribution in [0.4, 0.5) is 5.95 Å². The van der Waals surface area contributed by atoms with Crippen LogP contribution in [0.2, 0.25) is 0 Å². The lowest BCUT2D eigenvalue weighted by Gasteiger charge is -2.21. The van der Waals surface area contributed by atoms with Crippen molar-refractivity contribution in [3.63, 3.8) is 0 Å². The summed E-state index contributed by atoms with van der Waals surface area (Å²) in [7, 11) is 1.79. The molecule has 0 saturated carbocycles. The van der Waals surface area contributed by atoms with E-state index >= 15 is 0 Å². The monoisotopic (exact) mass is 260 g/mol. The molecule has 0 radical (unpaired) electrons. The van der Waals surface area contributed by atoms with E-state index in [1.54, 1.807) is 16.5 Å². The molecule has 0 aliphatic heterocycles. The van der Waals surface area contributed by atoms with Gasteiger partial charge in [-0.25, -0.2) is 4.98 Å². The van der Waals surface area contributed by atoms with E-state index in [1.807, 2.05) is 39.0 Å². The molecule has 2 aromatic rings. The molecule has 0 fully saturated rings. The van der Waals surface area contributed by atoms with Crippen LogP contribution in [-0.4, -0.2) is 34.0 Å². The molecule has 2 N–H and O–H groups in total. The van der Waals surface area contributed by atoms with Gasteiger partial charge in [0.2, 0.25) is 11.9 Å². The minimum atomic E-state index is -0.349. The minimum absolute atomic E-state index is 0.0362. The lowest BCUT2D eigenvalue weighted by Crippen LogP contribution is -2.33. The second kappa shape index (κ2) is 4.91. The summed E-state index contributed by atoms with van der Waals surface area (Å²) in [6, 6.07) is 5.59. The topological polar surface area (TPSA) is 64.2 Å². The van der Waals surface area contributed by atoms with Crippen LogP contribution in [0.1, 0.15) is 25.5 Å². The van der Waals surface area contributed by atoms with Gasteiger partial charge in [-0.1, -0.05) is 6.07 Å². The van der Waals surface area contributed by atoms with Gasteiger partial charge in [-0.05, 0) is 38.5 Å². The van der Waals surface area contributed by atoms with Crippen molar-refractivity contribution in [3.05, 3.63) is 23.8 Å². The molecule has 19 heavy (non-hydrogen) atoms. The van der Waals surface area contributed by atoms with Gasteiger partial charge in [0.15, 0.2) is 0 Å². The highest BCUT2D eigenvalue weighted by Crippen LogP contribution is 2.24. The predicted molar refractivity (Wildman–Crippen MR) is 76.9 cm³/mol. The highest BCUT2D eigenvalue weighted by Gasteiger charge is 2.22. The van der Waals surface area contributed by atoms with Crippen molar-refractivity contribution in [2.45, 2.75) is 26.8 Å². The zero-order valence-electron chi connectivity index (χ0n) is 11.8. The van der Waals surface area contributed by atoms with Gasteiger partial charge < -0.3 is 10.6 Å². The first-order chi connectivity index (χ1) is 8.95. The van der Waals surface area contributed by atoms with Crippen molar-refractivity contribution < 1.29 is 4.79 Å². The Morgan fingerprint density at radius 1 is 1.53 bits per heavy atom. The lowest BCUT2D eigenvalue weighted by atomic mass is 10.2. The van der Waals surface area contributed by atoms with Crippen molar-refractivity contribution in [2.24, 2.45) is 0 Å². The number of carbonyl (C=O) groups is 1. The van der Waals surface area contributed by atoms with Gasteiger partial charge in [-0.3, -0.25) is 9.36 Å². The molecule has 1 aromatic heterocycles. The number of hydrogen-bond acceptors (Lipinski definition) is 3. The number of aryl methyl sites for hydroxylation is 1. The van der Waals surface area contributed by atoms with Crippen molar-refractivity contribution in [3.8, 4) is 0 Å². The molecule has 1 heterocycles. The molecule has 1 unspecified atom stereocenters. The molecule has 1 aromatic carbocycles. The second-order valence-electron chi connectivity index (χ2n) is 4.86. The fraction of sp³-hybridized carbons (Fsp3) is 0.429. The van der Waals surface area contributed by atoms with E-state index in [9.17, 15) is 4.79 Å². The van der Waals surface area contributed by atoms with Crippen LogP contribution in [0.25, 0.3) is 11.0 Å². The van der Waals surface area contributed by atoms with Crippen molar-refractivity contribution >= 4 is 22.9 Å². The molecule has 0 aliphatic rings. The van der Waals surface area contributed by atoms with Crippen LogP contribution in [0.3, 0.4) is 0 Å². The van der Waals surface area contributed by atoms with E-state index in [-0.39, 0.29) is 11.9 Å². The number of imidazole rings is 1. The molecule has 0 saturated heterocycles. The minimum Gasteiger partial charge on any atom is -0.369 e. The predicted octanol–water partition coefficient (Wildman–Crippen LogP) is 1.97. The number of hydrogen-bond donors (Lipinski definition) is 1. The number of fused-ring (bicyclic) bond motifs is 1. The third-order valence-corrected chi connectivity index (χ3v) is 3.47. The number of amides is 1. The van der Waals surface area contributed by atoms with Crippen LogP contribution in [0, 0.1) is 6.92 Å². The summed E-state index contributed by atoms with van der Waals surface area (Å²) in [6.45, 7) is 6.48. The molecule has 102 valence electrons. The number of rotatable bonds is 3. The molecular weight excluding hydrogens is 240 g/mol. The Kier molecular flexibility index (Phi) is 3.46. The highest BCUT2D eigenvalue weighted by atomic mass is 16.2. The van der Waals surface area contributed by atoms with E-state index in [4.69, 9.17) is 5.73 Å². The average molecular weight is 260 g/mol. The number of likely N-dealkylation sites (N-methyl/N-ethyl adjacent to an activating group) is 1. The van der Waals surface area contributed by atoms with Gasteiger partial charge in [0.05, 0.1) is 11.0 Å². The summed E-state index contributed by atoms with van der Waals surface area (Å²) in [6.07, 6.45) is 0. The van der Waals surface area contributed by atoms with Crippen LogP contribution in [0.5, 0.6) is 0 Å². The van der Waals surface area contributed by atoms with Gasteiger partial charge in [-0.15, -0.1) is 0 Å². The Hall–Kier alpha value is -2.04. The maximum atomic E-state index is 12.3. The summed E-state index contributed by atoms with van der Waals surface area (Å²) >= 11 is 0. The highest BCUT2D eigenvalue weighted by molar-refractivity contribution is 5.85. The maximum Gasteiger partial charge on any atom is 0.245 e.